The van der Waals surface area contributed by atoms with E-state index in [0.29, 0.717) is 0 Å². The average molecular weight is 308 g/mol. The highest BCUT2D eigenvalue weighted by molar-refractivity contribution is 14.1. The molecule has 0 rings (SSSR count). The topological polar surface area (TPSA) is 121 Å². The monoisotopic (exact) mass is 308 g/mol. The Morgan fingerprint density at radius 2 is 1.31 bits per heavy atom. The van der Waals surface area contributed by atoms with Crippen LogP contribution >= 0.6 is 22.6 Å². The molecule has 0 aromatic carbocycles. The van der Waals surface area contributed by atoms with Crippen molar-refractivity contribution in [1.29, 1.82) is 0 Å². The summed E-state index contributed by atoms with van der Waals surface area (Å²) < 4.78 is -1.26. The SMILES string of the molecule is OC[C@@H](O)[C@@H](O)[C@H](O)[C@H](O)C(O)I. The maximum absolute atomic E-state index is 9.12. The Bertz CT molecular complexity index is 143. The second kappa shape index (κ2) is 6.06. The molecule has 0 bridgehead atoms. The molecule has 6 N–H and O–H groups in total. The molecule has 0 amide bonds. The minimum Gasteiger partial charge on any atom is -0.394 e. The third kappa shape index (κ3) is 4.02. The van der Waals surface area contributed by atoms with Gasteiger partial charge in [-0.25, -0.2) is 0 Å². The number of aliphatic hydroxyl groups is 6. The Balaban J connectivity index is 4.15. The van der Waals surface area contributed by atoms with Crippen LogP contribution in [0.3, 0.4) is 0 Å². The van der Waals surface area contributed by atoms with Gasteiger partial charge in [0.1, 0.15) is 28.5 Å². The zero-order valence-corrected chi connectivity index (χ0v) is 8.81. The molecule has 0 saturated heterocycles. The number of hydrogen-bond donors (Lipinski definition) is 6. The van der Waals surface area contributed by atoms with Crippen LogP contribution in [0.15, 0.2) is 0 Å². The summed E-state index contributed by atoms with van der Waals surface area (Å²) in [5.74, 6) is 0. The Morgan fingerprint density at radius 3 is 1.62 bits per heavy atom. The van der Waals surface area contributed by atoms with Crippen molar-refractivity contribution in [1.82, 2.24) is 0 Å². The quantitative estimate of drug-likeness (QED) is 0.241. The maximum Gasteiger partial charge on any atom is 0.133 e. The van der Waals surface area contributed by atoms with Crippen molar-refractivity contribution in [3.8, 4) is 0 Å². The lowest BCUT2D eigenvalue weighted by molar-refractivity contribution is -0.125. The minimum absolute atomic E-state index is 0.734. The standard InChI is InChI=1S/C6H13IO6/c7-6(13)5(12)4(11)3(10)2(9)1-8/h2-6,8-13H,1H2/t2-,3-,4+,5+,6?/m1/s1. The van der Waals surface area contributed by atoms with E-state index in [9.17, 15) is 0 Å². The molecule has 0 aliphatic heterocycles. The lowest BCUT2D eigenvalue weighted by Crippen LogP contribution is -2.48. The minimum atomic E-state index is -1.70. The third-order valence-electron chi connectivity index (χ3n) is 1.56. The summed E-state index contributed by atoms with van der Waals surface area (Å²) in [4.78, 5) is 0. The summed E-state index contributed by atoms with van der Waals surface area (Å²) in [6.45, 7) is -0.734. The Labute approximate surface area is 88.6 Å². The van der Waals surface area contributed by atoms with E-state index >= 15 is 0 Å². The van der Waals surface area contributed by atoms with E-state index in [1.165, 1.54) is 22.6 Å². The lowest BCUT2D eigenvalue weighted by Gasteiger charge is -2.26. The molecular formula is C6H13IO6. The summed E-state index contributed by atoms with van der Waals surface area (Å²) in [5, 5.41) is 53.3. The number of alkyl halides is 1. The summed E-state index contributed by atoms with van der Waals surface area (Å²) in [5.41, 5.74) is 0. The molecule has 0 saturated carbocycles. The first-order chi connectivity index (χ1) is 5.91. The normalized spacial score (nSPS) is 23.3. The van der Waals surface area contributed by atoms with Gasteiger partial charge in [0.05, 0.1) is 6.61 Å². The van der Waals surface area contributed by atoms with E-state index in [0.717, 1.165) is 0 Å². The van der Waals surface area contributed by atoms with Crippen molar-refractivity contribution in [3.63, 3.8) is 0 Å². The molecule has 0 aromatic heterocycles. The molecule has 6 nitrogen and oxygen atoms in total. The van der Waals surface area contributed by atoms with Gasteiger partial charge in [-0.2, -0.15) is 0 Å². The predicted octanol–water partition coefficient (Wildman–Crippen LogP) is -2.82. The molecule has 0 fully saturated rings. The van der Waals surface area contributed by atoms with E-state index in [1.807, 2.05) is 0 Å². The number of hydrogen-bond acceptors (Lipinski definition) is 6. The van der Waals surface area contributed by atoms with Crippen LogP contribution in [-0.4, -0.2) is 65.8 Å². The highest BCUT2D eigenvalue weighted by Crippen LogP contribution is 2.11. The smallest absolute Gasteiger partial charge is 0.133 e. The van der Waals surface area contributed by atoms with Crippen molar-refractivity contribution >= 4 is 22.6 Å². The van der Waals surface area contributed by atoms with Crippen LogP contribution in [-0.2, 0) is 0 Å². The van der Waals surface area contributed by atoms with Crippen molar-refractivity contribution in [3.05, 3.63) is 0 Å². The maximum atomic E-state index is 9.12. The lowest BCUT2D eigenvalue weighted by atomic mass is 10.0. The molecule has 0 heterocycles. The molecule has 80 valence electrons. The summed E-state index contributed by atoms with van der Waals surface area (Å²) >= 11 is 1.44. The Morgan fingerprint density at radius 1 is 0.846 bits per heavy atom. The average Bonchev–Trinajstić information content (AvgIpc) is 2.12. The molecule has 7 heteroatoms. The van der Waals surface area contributed by atoms with Crippen LogP contribution in [0, 0.1) is 0 Å². The second-order valence-electron chi connectivity index (χ2n) is 2.59. The van der Waals surface area contributed by atoms with E-state index in [1.54, 1.807) is 0 Å². The zero-order valence-electron chi connectivity index (χ0n) is 6.66. The predicted molar refractivity (Wildman–Crippen MR) is 51.1 cm³/mol. The fourth-order valence-corrected chi connectivity index (χ4v) is 1.13. The van der Waals surface area contributed by atoms with Gasteiger partial charge in [-0.3, -0.25) is 0 Å². The van der Waals surface area contributed by atoms with Gasteiger partial charge in [-0.05, 0) is 22.6 Å². The first-order valence-electron chi connectivity index (χ1n) is 3.57. The fraction of sp³-hybridized carbons (Fsp3) is 1.00. The van der Waals surface area contributed by atoms with E-state index in [-0.39, 0.29) is 0 Å². The highest BCUT2D eigenvalue weighted by atomic mass is 127. The number of rotatable bonds is 5. The van der Waals surface area contributed by atoms with Crippen LogP contribution < -0.4 is 0 Å². The number of aliphatic hydroxyl groups excluding tert-OH is 6. The van der Waals surface area contributed by atoms with E-state index in [2.05, 4.69) is 0 Å². The van der Waals surface area contributed by atoms with Crippen LogP contribution in [0.5, 0.6) is 0 Å². The van der Waals surface area contributed by atoms with E-state index < -0.39 is 35.1 Å². The van der Waals surface area contributed by atoms with Crippen LogP contribution in [0.4, 0.5) is 0 Å². The fourth-order valence-electron chi connectivity index (χ4n) is 0.700. The first-order valence-corrected chi connectivity index (χ1v) is 4.81. The molecule has 0 aliphatic carbocycles. The van der Waals surface area contributed by atoms with Crippen LogP contribution in [0.2, 0.25) is 0 Å². The molecule has 1 unspecified atom stereocenters. The van der Waals surface area contributed by atoms with E-state index in [4.69, 9.17) is 30.6 Å². The van der Waals surface area contributed by atoms with Gasteiger partial charge in [0.25, 0.3) is 0 Å². The summed E-state index contributed by atoms with van der Waals surface area (Å²) in [6.07, 6.45) is -6.50. The van der Waals surface area contributed by atoms with Gasteiger partial charge in [0.2, 0.25) is 0 Å². The molecular weight excluding hydrogens is 295 g/mol. The van der Waals surface area contributed by atoms with Crippen molar-refractivity contribution < 1.29 is 30.6 Å². The zero-order chi connectivity index (χ0) is 10.6. The molecule has 0 radical (unpaired) electrons. The third-order valence-corrected chi connectivity index (χ3v) is 2.30. The second-order valence-corrected chi connectivity index (χ2v) is 3.87. The molecule has 13 heavy (non-hydrogen) atoms. The largest absolute Gasteiger partial charge is 0.394 e. The number of halogens is 1. The summed E-state index contributed by atoms with van der Waals surface area (Å²) in [6, 6.07) is 0. The van der Waals surface area contributed by atoms with Gasteiger partial charge in [0, 0.05) is 0 Å². The molecule has 0 spiro atoms. The molecule has 0 aromatic rings. The molecule has 5 atom stereocenters. The Kier molecular flexibility index (Phi) is 6.29. The van der Waals surface area contributed by atoms with Gasteiger partial charge in [-0.15, -0.1) is 0 Å². The van der Waals surface area contributed by atoms with Gasteiger partial charge in [0.15, 0.2) is 0 Å². The van der Waals surface area contributed by atoms with Crippen LogP contribution in [0.1, 0.15) is 0 Å². The first kappa shape index (κ1) is 13.5. The van der Waals surface area contributed by atoms with Gasteiger partial charge in [-0.1, -0.05) is 0 Å². The van der Waals surface area contributed by atoms with Crippen molar-refractivity contribution in [2.75, 3.05) is 6.61 Å². The van der Waals surface area contributed by atoms with Crippen molar-refractivity contribution in [2.45, 2.75) is 28.5 Å². The molecule has 0 aliphatic rings. The summed E-state index contributed by atoms with van der Waals surface area (Å²) in [7, 11) is 0. The van der Waals surface area contributed by atoms with Crippen LogP contribution in [0.25, 0.3) is 0 Å². The van der Waals surface area contributed by atoms with Gasteiger partial charge < -0.3 is 30.6 Å². The highest BCUT2D eigenvalue weighted by Gasteiger charge is 2.32. The van der Waals surface area contributed by atoms with Crippen molar-refractivity contribution in [2.24, 2.45) is 0 Å². The Hall–Kier alpha value is 0.490. The van der Waals surface area contributed by atoms with Gasteiger partial charge >= 0.3 is 0 Å².